The summed E-state index contributed by atoms with van der Waals surface area (Å²) >= 11 is 0.823. The maximum Gasteiger partial charge on any atom is 0.327 e. The van der Waals surface area contributed by atoms with Gasteiger partial charge in [-0.2, -0.15) is 0 Å². The third kappa shape index (κ3) is 6.42. The first-order chi connectivity index (χ1) is 13.6. The van der Waals surface area contributed by atoms with Crippen LogP contribution in [0.2, 0.25) is 0 Å². The van der Waals surface area contributed by atoms with Gasteiger partial charge >= 0.3 is 5.97 Å². The Hall–Kier alpha value is -2.68. The van der Waals surface area contributed by atoms with Crippen LogP contribution < -0.4 is 5.32 Å². The van der Waals surface area contributed by atoms with E-state index in [1.807, 2.05) is 12.1 Å². The molecule has 0 fully saturated rings. The monoisotopic (exact) mass is 419 g/mol. The first kappa shape index (κ1) is 22.6. The number of benzene rings is 1. The van der Waals surface area contributed by atoms with Crippen molar-refractivity contribution in [1.29, 1.82) is 0 Å². The summed E-state index contributed by atoms with van der Waals surface area (Å²) in [5, 5.41) is 9.32. The van der Waals surface area contributed by atoms with Gasteiger partial charge in [0, 0.05) is 5.56 Å². The van der Waals surface area contributed by atoms with Crippen molar-refractivity contribution in [2.45, 2.75) is 57.1 Å². The molecule has 0 saturated heterocycles. The van der Waals surface area contributed by atoms with Crippen molar-refractivity contribution < 1.29 is 23.5 Å². The van der Waals surface area contributed by atoms with E-state index in [1.165, 1.54) is 6.92 Å². The van der Waals surface area contributed by atoms with Crippen molar-refractivity contribution in [2.24, 2.45) is 0 Å². The van der Waals surface area contributed by atoms with Crippen molar-refractivity contribution in [3.8, 4) is 0 Å². The second kappa shape index (κ2) is 9.69. The number of thioether (sulfide) groups is 1. The second-order valence-corrected chi connectivity index (χ2v) is 8.39. The third-order valence-electron chi connectivity index (χ3n) is 3.95. The van der Waals surface area contributed by atoms with Crippen LogP contribution in [0, 0.1) is 0 Å². The van der Waals surface area contributed by atoms with Crippen LogP contribution >= 0.6 is 11.8 Å². The number of carbonyl (C=O) groups excluding carboxylic acids is 3. The molecule has 0 aliphatic carbocycles. The van der Waals surface area contributed by atoms with E-state index in [4.69, 9.17) is 9.15 Å². The molecule has 0 unspecified atom stereocenters. The lowest BCUT2D eigenvalue weighted by atomic mass is 9.87. The molecule has 29 heavy (non-hydrogen) atoms. The van der Waals surface area contributed by atoms with Gasteiger partial charge in [0.2, 0.25) is 5.89 Å². The lowest BCUT2D eigenvalue weighted by Crippen LogP contribution is -2.27. The first-order valence-corrected chi connectivity index (χ1v) is 10.0. The van der Waals surface area contributed by atoms with Crippen LogP contribution in [-0.2, 0) is 26.3 Å². The molecule has 1 aromatic heterocycles. The zero-order valence-corrected chi connectivity index (χ0v) is 18.0. The third-order valence-corrected chi connectivity index (χ3v) is 5.08. The number of nitrogens with zero attached hydrogens (tertiary/aromatic N) is 2. The van der Waals surface area contributed by atoms with Gasteiger partial charge < -0.3 is 14.5 Å². The summed E-state index contributed by atoms with van der Waals surface area (Å²) in [6.45, 7) is 9.45. The van der Waals surface area contributed by atoms with Gasteiger partial charge in [-0.1, -0.05) is 32.9 Å². The number of aromatic nitrogens is 2. The van der Waals surface area contributed by atoms with Crippen LogP contribution in [0.1, 0.15) is 56.4 Å². The van der Waals surface area contributed by atoms with Crippen molar-refractivity contribution in [1.82, 2.24) is 15.5 Å². The van der Waals surface area contributed by atoms with E-state index in [0.29, 0.717) is 5.56 Å². The fourth-order valence-electron chi connectivity index (χ4n) is 2.35. The Balaban J connectivity index is 1.95. The fraction of sp³-hybridized carbons (Fsp3) is 0.450. The molecule has 0 aliphatic rings. The summed E-state index contributed by atoms with van der Waals surface area (Å²) in [6.07, 6.45) is 0. The molecule has 1 atom stereocenters. The number of hydrogen-bond acceptors (Lipinski definition) is 8. The van der Waals surface area contributed by atoms with Crippen LogP contribution in [-0.4, -0.2) is 39.7 Å². The molecule has 0 spiro atoms. The number of hydrogen-bond donors (Lipinski definition) is 1. The van der Waals surface area contributed by atoms with Gasteiger partial charge in [0.15, 0.2) is 11.0 Å². The molecule has 1 heterocycles. The number of nitrogens with one attached hydrogen (secondary N) is 1. The zero-order chi connectivity index (χ0) is 21.6. The maximum atomic E-state index is 12.3. The van der Waals surface area contributed by atoms with Crippen LogP contribution in [0.4, 0.5) is 0 Å². The molecular weight excluding hydrogens is 394 g/mol. The first-order valence-electron chi connectivity index (χ1n) is 9.16. The molecule has 0 saturated carbocycles. The standard InChI is InChI=1S/C20H25N3O5S/c1-6-27-18(26)16(12(2)24)29-19-23-22-15(28-19)11-21-17(25)13-7-9-14(10-8-13)20(3,4)5/h7-10,16H,6,11H2,1-5H3,(H,21,25)/t16-/m0/s1. The summed E-state index contributed by atoms with van der Waals surface area (Å²) in [5.41, 5.74) is 1.66. The molecule has 2 aromatic rings. The number of amides is 1. The van der Waals surface area contributed by atoms with E-state index in [9.17, 15) is 14.4 Å². The largest absolute Gasteiger partial charge is 0.465 e. The fourth-order valence-corrected chi connectivity index (χ4v) is 3.12. The summed E-state index contributed by atoms with van der Waals surface area (Å²) in [7, 11) is 0. The molecule has 1 N–H and O–H groups in total. The predicted octanol–water partition coefficient (Wildman–Crippen LogP) is 2.91. The Labute approximate surface area is 173 Å². The van der Waals surface area contributed by atoms with Gasteiger partial charge in [0.25, 0.3) is 11.1 Å². The molecule has 156 valence electrons. The van der Waals surface area contributed by atoms with Crippen LogP contribution in [0.25, 0.3) is 0 Å². The highest BCUT2D eigenvalue weighted by molar-refractivity contribution is 8.01. The lowest BCUT2D eigenvalue weighted by Gasteiger charge is -2.18. The number of rotatable bonds is 8. The number of ketones is 1. The minimum Gasteiger partial charge on any atom is -0.465 e. The van der Waals surface area contributed by atoms with Crippen LogP contribution in [0.15, 0.2) is 33.9 Å². The molecule has 9 heteroatoms. The van der Waals surface area contributed by atoms with Gasteiger partial charge in [-0.05, 0) is 48.7 Å². The van der Waals surface area contributed by atoms with Crippen molar-refractivity contribution >= 4 is 29.4 Å². The van der Waals surface area contributed by atoms with Crippen LogP contribution in [0.5, 0.6) is 0 Å². The van der Waals surface area contributed by atoms with Crippen molar-refractivity contribution in [2.75, 3.05) is 6.61 Å². The number of Topliss-reactive ketones (excluding diaryl/α,β-unsaturated/α-hetero) is 1. The average Bonchev–Trinajstić information content (AvgIpc) is 3.11. The average molecular weight is 420 g/mol. The smallest absolute Gasteiger partial charge is 0.327 e. The van der Waals surface area contributed by atoms with E-state index in [-0.39, 0.29) is 41.4 Å². The maximum absolute atomic E-state index is 12.3. The van der Waals surface area contributed by atoms with Gasteiger partial charge in [0.1, 0.15) is 0 Å². The Morgan fingerprint density at radius 2 is 1.83 bits per heavy atom. The second-order valence-electron chi connectivity index (χ2n) is 7.33. The number of ether oxygens (including phenoxy) is 1. The van der Waals surface area contributed by atoms with E-state index in [2.05, 4.69) is 36.3 Å². The summed E-state index contributed by atoms with van der Waals surface area (Å²) in [5.74, 6) is -1.14. The van der Waals surface area contributed by atoms with Gasteiger partial charge in [-0.3, -0.25) is 14.4 Å². The highest BCUT2D eigenvalue weighted by atomic mass is 32.2. The van der Waals surface area contributed by atoms with E-state index in [1.54, 1.807) is 19.1 Å². The topological polar surface area (TPSA) is 111 Å². The molecule has 1 amide bonds. The van der Waals surface area contributed by atoms with E-state index < -0.39 is 11.2 Å². The predicted molar refractivity (Wildman–Crippen MR) is 108 cm³/mol. The number of carbonyl (C=O) groups is 3. The Kier molecular flexibility index (Phi) is 7.55. The zero-order valence-electron chi connectivity index (χ0n) is 17.1. The summed E-state index contributed by atoms with van der Waals surface area (Å²) < 4.78 is 10.3. The van der Waals surface area contributed by atoms with Crippen molar-refractivity contribution in [3.63, 3.8) is 0 Å². The highest BCUT2D eigenvalue weighted by Crippen LogP contribution is 2.24. The molecule has 1 aromatic carbocycles. The highest BCUT2D eigenvalue weighted by Gasteiger charge is 2.28. The molecule has 0 bridgehead atoms. The molecule has 2 rings (SSSR count). The molecule has 0 aliphatic heterocycles. The minimum atomic E-state index is -1.07. The summed E-state index contributed by atoms with van der Waals surface area (Å²) in [6, 6.07) is 7.38. The Morgan fingerprint density at radius 1 is 1.17 bits per heavy atom. The Morgan fingerprint density at radius 3 is 2.38 bits per heavy atom. The summed E-state index contributed by atoms with van der Waals surface area (Å²) in [4.78, 5) is 35.8. The van der Waals surface area contributed by atoms with Gasteiger partial charge in [-0.15, -0.1) is 10.2 Å². The quantitative estimate of drug-likeness (QED) is 0.395. The van der Waals surface area contributed by atoms with E-state index >= 15 is 0 Å². The molecule has 8 nitrogen and oxygen atoms in total. The number of esters is 1. The van der Waals surface area contributed by atoms with Crippen LogP contribution in [0.3, 0.4) is 0 Å². The van der Waals surface area contributed by atoms with E-state index in [0.717, 1.165) is 17.3 Å². The van der Waals surface area contributed by atoms with Gasteiger partial charge in [0.05, 0.1) is 13.2 Å². The van der Waals surface area contributed by atoms with Gasteiger partial charge in [-0.25, -0.2) is 0 Å². The Bertz CT molecular complexity index is 871. The van der Waals surface area contributed by atoms with Crippen molar-refractivity contribution in [3.05, 3.63) is 41.3 Å². The lowest BCUT2D eigenvalue weighted by molar-refractivity contribution is -0.144. The minimum absolute atomic E-state index is 0.00805. The SMILES string of the molecule is CCOC(=O)[C@@H](Sc1nnc(CNC(=O)c2ccc(C(C)(C)C)cc2)o1)C(C)=O. The normalized spacial score (nSPS) is 12.3. The molecule has 0 radical (unpaired) electrons. The molecular formula is C20H25N3O5S.